The molecule has 1 fully saturated rings. The number of hydrogen-bond donors (Lipinski definition) is 1. The number of phenolic OH excluding ortho intramolecular Hbond substituents is 1. The molecule has 4 aliphatic rings. The smallest absolute Gasteiger partial charge is 0.238 e. The highest BCUT2D eigenvalue weighted by molar-refractivity contribution is 6.31. The number of anilines is 1. The number of fused-ring (bicyclic) bond motifs is 3. The fourth-order valence-corrected chi connectivity index (χ4v) is 6.89. The molecule has 0 unspecified atom stereocenters. The number of Topliss-reactive ketones (excluding diaryl/α,β-unsaturated/α-hetero) is 1. The van der Waals surface area contributed by atoms with Crippen LogP contribution in [-0.2, 0) is 19.2 Å². The molecule has 0 saturated carbocycles. The molecule has 192 valence electrons. The van der Waals surface area contributed by atoms with E-state index in [4.69, 9.17) is 11.6 Å². The van der Waals surface area contributed by atoms with Gasteiger partial charge in [-0.2, -0.15) is 0 Å². The van der Waals surface area contributed by atoms with Gasteiger partial charge in [-0.05, 0) is 86.6 Å². The van der Waals surface area contributed by atoms with E-state index in [9.17, 15) is 24.3 Å². The number of ketones is 2. The number of nitrogens with zero attached hydrogens (tertiary/aromatic N) is 1. The fraction of sp³-hybridized carbons (Fsp3) is 0.290. The summed E-state index contributed by atoms with van der Waals surface area (Å²) in [7, 11) is 0. The maximum Gasteiger partial charge on any atom is 0.238 e. The second-order valence-electron chi connectivity index (χ2n) is 10.7. The van der Waals surface area contributed by atoms with E-state index in [0.717, 1.165) is 11.1 Å². The van der Waals surface area contributed by atoms with Crippen LogP contribution in [0.4, 0.5) is 5.69 Å². The summed E-state index contributed by atoms with van der Waals surface area (Å²) in [6, 6.07) is 10.3. The van der Waals surface area contributed by atoms with Gasteiger partial charge in [0.15, 0.2) is 11.6 Å². The standard InChI is InChI=1S/C31H26ClNO5/c1-14-10-17(11-15(2)28(14)35)25-20-8-9-21-26(22(20)13-23-27(25)24(34)12-16(3)29(23)36)31(38)33(30(21)37)19-6-4-18(32)5-7-19/h4-8,10-12,21-22,25-26,35H,9,13H2,1-3H3/t21-,22+,25-,26-/m0/s1. The highest BCUT2D eigenvalue weighted by atomic mass is 35.5. The molecule has 1 aliphatic heterocycles. The summed E-state index contributed by atoms with van der Waals surface area (Å²) in [5, 5.41) is 10.9. The van der Waals surface area contributed by atoms with Gasteiger partial charge in [-0.1, -0.05) is 35.4 Å². The average Bonchev–Trinajstić information content (AvgIpc) is 3.14. The highest BCUT2D eigenvalue weighted by Gasteiger charge is 2.56. The van der Waals surface area contributed by atoms with Crippen LogP contribution < -0.4 is 4.90 Å². The van der Waals surface area contributed by atoms with Gasteiger partial charge < -0.3 is 5.11 Å². The van der Waals surface area contributed by atoms with Gasteiger partial charge in [0.1, 0.15) is 5.75 Å². The van der Waals surface area contributed by atoms with Crippen molar-refractivity contribution in [3.8, 4) is 5.75 Å². The van der Waals surface area contributed by atoms with Crippen LogP contribution in [0.5, 0.6) is 5.75 Å². The summed E-state index contributed by atoms with van der Waals surface area (Å²) in [6.45, 7) is 5.23. The molecule has 6 nitrogen and oxygen atoms in total. The molecule has 1 saturated heterocycles. The van der Waals surface area contributed by atoms with Crippen molar-refractivity contribution in [3.63, 3.8) is 0 Å². The molecular weight excluding hydrogens is 502 g/mol. The molecule has 1 N–H and O–H groups in total. The maximum atomic E-state index is 13.9. The van der Waals surface area contributed by atoms with Crippen LogP contribution in [0.1, 0.15) is 42.4 Å². The number of phenols is 1. The molecule has 0 spiro atoms. The van der Waals surface area contributed by atoms with Crippen LogP contribution in [0.25, 0.3) is 0 Å². The third-order valence-corrected chi connectivity index (χ3v) is 8.75. The molecule has 2 aromatic carbocycles. The Bertz CT molecular complexity index is 1540. The Balaban J connectivity index is 1.50. The summed E-state index contributed by atoms with van der Waals surface area (Å²) in [6.07, 6.45) is 4.00. The lowest BCUT2D eigenvalue weighted by Gasteiger charge is -2.42. The van der Waals surface area contributed by atoms with Crippen molar-refractivity contribution >= 4 is 40.7 Å². The number of imide groups is 1. The van der Waals surface area contributed by atoms with Crippen molar-refractivity contribution < 1.29 is 24.3 Å². The molecule has 0 radical (unpaired) electrons. The van der Waals surface area contributed by atoms with E-state index in [1.54, 1.807) is 45.0 Å². The SMILES string of the molecule is CC1=CC(=O)C2=C(C[C@@H]3C(=CC[C@@H]4C(=O)N(c5ccc(Cl)cc5)C(=O)[C@@H]43)[C@@H]2c2cc(C)c(O)c(C)c2)C1=O. The topological polar surface area (TPSA) is 91.8 Å². The van der Waals surface area contributed by atoms with E-state index in [1.807, 2.05) is 18.2 Å². The van der Waals surface area contributed by atoms with Crippen molar-refractivity contribution in [3.05, 3.63) is 92.6 Å². The Labute approximate surface area is 225 Å². The number of aromatic hydroxyl groups is 1. The molecule has 2 amide bonds. The number of aryl methyl sites for hydroxylation is 2. The van der Waals surface area contributed by atoms with Crippen LogP contribution >= 0.6 is 11.6 Å². The first kappa shape index (κ1) is 24.6. The molecule has 7 heteroatoms. The van der Waals surface area contributed by atoms with E-state index in [2.05, 4.69) is 0 Å². The summed E-state index contributed by atoms with van der Waals surface area (Å²) in [5.41, 5.74) is 4.74. The summed E-state index contributed by atoms with van der Waals surface area (Å²) in [4.78, 5) is 55.4. The lowest BCUT2D eigenvalue weighted by molar-refractivity contribution is -0.123. The van der Waals surface area contributed by atoms with Crippen molar-refractivity contribution in [2.45, 2.75) is 39.5 Å². The van der Waals surface area contributed by atoms with E-state index < -0.39 is 23.7 Å². The Kier molecular flexibility index (Phi) is 5.58. The van der Waals surface area contributed by atoms with Gasteiger partial charge in [-0.25, -0.2) is 0 Å². The minimum absolute atomic E-state index is 0.185. The Morgan fingerprint density at radius 3 is 2.24 bits per heavy atom. The van der Waals surface area contributed by atoms with Crippen LogP contribution in [0.15, 0.2) is 70.8 Å². The van der Waals surface area contributed by atoms with E-state index in [-0.39, 0.29) is 35.6 Å². The molecule has 0 aromatic heterocycles. The third-order valence-electron chi connectivity index (χ3n) is 8.49. The molecule has 0 bridgehead atoms. The molecule has 4 atom stereocenters. The summed E-state index contributed by atoms with van der Waals surface area (Å²) < 4.78 is 0. The molecule has 1 heterocycles. The molecule has 2 aromatic rings. The van der Waals surface area contributed by atoms with Crippen molar-refractivity contribution in [1.29, 1.82) is 0 Å². The lowest BCUT2D eigenvalue weighted by atomic mass is 9.59. The average molecular weight is 528 g/mol. The zero-order valence-electron chi connectivity index (χ0n) is 21.2. The van der Waals surface area contributed by atoms with E-state index >= 15 is 0 Å². The number of rotatable bonds is 2. The normalized spacial score (nSPS) is 26.7. The second-order valence-corrected chi connectivity index (χ2v) is 11.2. The van der Waals surface area contributed by atoms with E-state index in [1.165, 1.54) is 11.0 Å². The molecule has 6 rings (SSSR count). The summed E-state index contributed by atoms with van der Waals surface area (Å²) in [5.74, 6) is -2.86. The van der Waals surface area contributed by atoms with E-state index in [0.29, 0.717) is 45.0 Å². The molecular formula is C31H26ClNO5. The van der Waals surface area contributed by atoms with Crippen LogP contribution in [-0.4, -0.2) is 28.5 Å². The number of amides is 2. The number of carbonyl (C=O) groups excluding carboxylic acids is 4. The first-order valence-electron chi connectivity index (χ1n) is 12.7. The molecule has 38 heavy (non-hydrogen) atoms. The van der Waals surface area contributed by atoms with Crippen molar-refractivity contribution in [1.82, 2.24) is 0 Å². The lowest BCUT2D eigenvalue weighted by Crippen LogP contribution is -2.39. The largest absolute Gasteiger partial charge is 0.507 e. The first-order valence-corrected chi connectivity index (χ1v) is 13.1. The quantitative estimate of drug-likeness (QED) is 0.325. The summed E-state index contributed by atoms with van der Waals surface area (Å²) >= 11 is 6.03. The Morgan fingerprint density at radius 1 is 0.921 bits per heavy atom. The number of halogens is 1. The molecule has 3 aliphatic carbocycles. The van der Waals surface area contributed by atoms with Crippen LogP contribution in [0, 0.1) is 31.6 Å². The van der Waals surface area contributed by atoms with Gasteiger partial charge in [0.05, 0.1) is 17.5 Å². The van der Waals surface area contributed by atoms with Gasteiger partial charge in [-0.15, -0.1) is 0 Å². The second kappa shape index (κ2) is 8.63. The number of allylic oxidation sites excluding steroid dienone is 6. The number of hydrogen-bond acceptors (Lipinski definition) is 5. The van der Waals surface area contributed by atoms with Gasteiger partial charge in [0.25, 0.3) is 0 Å². The zero-order valence-corrected chi connectivity index (χ0v) is 22.0. The van der Waals surface area contributed by atoms with Crippen LogP contribution in [0.2, 0.25) is 5.02 Å². The maximum absolute atomic E-state index is 13.9. The zero-order chi connectivity index (χ0) is 27.0. The Morgan fingerprint density at radius 2 is 1.58 bits per heavy atom. The minimum Gasteiger partial charge on any atom is -0.507 e. The fourth-order valence-electron chi connectivity index (χ4n) is 6.76. The predicted octanol–water partition coefficient (Wildman–Crippen LogP) is 5.30. The number of benzene rings is 2. The van der Waals surface area contributed by atoms with Gasteiger partial charge >= 0.3 is 0 Å². The third kappa shape index (κ3) is 3.47. The van der Waals surface area contributed by atoms with Gasteiger partial charge in [0, 0.05) is 27.7 Å². The van der Waals surface area contributed by atoms with Gasteiger partial charge in [0.2, 0.25) is 11.8 Å². The number of carbonyl (C=O) groups is 4. The van der Waals surface area contributed by atoms with Crippen molar-refractivity contribution in [2.24, 2.45) is 17.8 Å². The van der Waals surface area contributed by atoms with Crippen LogP contribution in [0.3, 0.4) is 0 Å². The first-order chi connectivity index (χ1) is 18.1. The minimum atomic E-state index is -0.636. The predicted molar refractivity (Wildman–Crippen MR) is 143 cm³/mol. The Hall–Kier alpha value is -3.77. The van der Waals surface area contributed by atoms with Gasteiger partial charge in [-0.3, -0.25) is 24.1 Å². The monoisotopic (exact) mass is 527 g/mol. The highest BCUT2D eigenvalue weighted by Crippen LogP contribution is 2.55. The van der Waals surface area contributed by atoms with Crippen molar-refractivity contribution in [2.75, 3.05) is 4.90 Å².